The van der Waals surface area contributed by atoms with Crippen molar-refractivity contribution in [2.24, 2.45) is 0 Å². The molecule has 1 heterocycles. The van der Waals surface area contributed by atoms with E-state index < -0.39 is 0 Å². The first-order chi connectivity index (χ1) is 8.35. The molecule has 0 N–H and O–H groups in total. The highest BCUT2D eigenvalue weighted by Crippen LogP contribution is 2.45. The van der Waals surface area contributed by atoms with Gasteiger partial charge < -0.3 is 0 Å². The fourth-order valence-electron chi connectivity index (χ4n) is 1.89. The van der Waals surface area contributed by atoms with E-state index in [0.717, 1.165) is 0 Å². The molecule has 0 unspecified atom stereocenters. The first kappa shape index (κ1) is 12.8. The van der Waals surface area contributed by atoms with Gasteiger partial charge in [-0.3, -0.25) is 0 Å². The summed E-state index contributed by atoms with van der Waals surface area (Å²) < 4.78 is 2.83. The Kier molecular flexibility index (Phi) is 4.11. The number of fused-ring (bicyclic) bond motifs is 3. The molecule has 1 aromatic heterocycles. The maximum atomic E-state index is 2.36. The number of benzene rings is 2. The van der Waals surface area contributed by atoms with Crippen LogP contribution in [0.1, 0.15) is 0 Å². The van der Waals surface area contributed by atoms with Crippen LogP contribution in [0.5, 0.6) is 0 Å². The Bertz CT molecular complexity index is 632. The van der Waals surface area contributed by atoms with Crippen LogP contribution in [-0.4, -0.2) is 0 Å². The standard InChI is InChI=1S/C12H6I2S3/c13-16-9-5-1-3-7-8-4-2-6-10(17-14)12(8)15-11(7)9/h1-6H. The Balaban J connectivity index is 2.49. The Morgan fingerprint density at radius 3 is 1.65 bits per heavy atom. The molecule has 0 spiro atoms. The summed E-state index contributed by atoms with van der Waals surface area (Å²) in [6.07, 6.45) is 0. The molecule has 2 aromatic carbocycles. The second-order valence-electron chi connectivity index (χ2n) is 3.52. The van der Waals surface area contributed by atoms with Crippen molar-refractivity contribution in [1.82, 2.24) is 0 Å². The molecule has 3 rings (SSSR count). The molecule has 0 amide bonds. The van der Waals surface area contributed by atoms with E-state index in [1.165, 1.54) is 30.0 Å². The first-order valence-electron chi connectivity index (χ1n) is 4.86. The van der Waals surface area contributed by atoms with Gasteiger partial charge in [0.2, 0.25) is 0 Å². The third-order valence-electron chi connectivity index (χ3n) is 2.62. The van der Waals surface area contributed by atoms with Crippen molar-refractivity contribution in [3.8, 4) is 0 Å². The molecule has 0 radical (unpaired) electrons. The van der Waals surface area contributed by atoms with E-state index in [1.807, 2.05) is 11.3 Å². The quantitative estimate of drug-likeness (QED) is 0.350. The Hall–Kier alpha value is 0.820. The fourth-order valence-corrected chi connectivity index (χ4v) is 7.23. The number of hydrogen-bond acceptors (Lipinski definition) is 3. The van der Waals surface area contributed by atoms with Crippen molar-refractivity contribution in [3.05, 3.63) is 36.4 Å². The zero-order valence-electron chi connectivity index (χ0n) is 8.44. The van der Waals surface area contributed by atoms with Crippen LogP contribution in [0.2, 0.25) is 0 Å². The van der Waals surface area contributed by atoms with Crippen molar-refractivity contribution in [1.29, 1.82) is 0 Å². The lowest BCUT2D eigenvalue weighted by molar-refractivity contribution is 1.60. The van der Waals surface area contributed by atoms with Crippen LogP contribution in [0, 0.1) is 0 Å². The number of halogens is 2. The van der Waals surface area contributed by atoms with E-state index in [9.17, 15) is 0 Å². The molecule has 0 bridgehead atoms. The SMILES string of the molecule is ISc1cccc2c1sc1c(SI)cccc12. The van der Waals surface area contributed by atoms with Crippen molar-refractivity contribution in [2.45, 2.75) is 9.79 Å². The first-order valence-corrected chi connectivity index (χ1v) is 12.4. The molecule has 0 saturated carbocycles. The molecular weight excluding hydrogens is 494 g/mol. The molecule has 5 heteroatoms. The molecule has 0 nitrogen and oxygen atoms in total. The average Bonchev–Trinajstić information content (AvgIpc) is 2.77. The van der Waals surface area contributed by atoms with Crippen molar-refractivity contribution < 1.29 is 0 Å². The molecule has 0 saturated heterocycles. The lowest BCUT2D eigenvalue weighted by Gasteiger charge is -1.96. The summed E-state index contributed by atoms with van der Waals surface area (Å²) in [5, 5.41) is 2.78. The lowest BCUT2D eigenvalue weighted by atomic mass is 10.1. The largest absolute Gasteiger partial charge is 0.133 e. The van der Waals surface area contributed by atoms with Gasteiger partial charge in [-0.25, -0.2) is 0 Å². The average molecular weight is 500 g/mol. The zero-order valence-corrected chi connectivity index (χ0v) is 15.2. The summed E-state index contributed by atoms with van der Waals surface area (Å²) in [6.45, 7) is 0. The predicted molar refractivity (Wildman–Crippen MR) is 99.1 cm³/mol. The molecule has 3 aromatic rings. The minimum absolute atomic E-state index is 1.37. The maximum absolute atomic E-state index is 2.36. The predicted octanol–water partition coefficient (Wildman–Crippen LogP) is 6.94. The highest BCUT2D eigenvalue weighted by molar-refractivity contribution is 14.2. The summed E-state index contributed by atoms with van der Waals surface area (Å²) in [4.78, 5) is 2.74. The maximum Gasteiger partial charge on any atom is 0.0499 e. The van der Waals surface area contributed by atoms with Gasteiger partial charge in [-0.05, 0) is 12.1 Å². The zero-order chi connectivity index (χ0) is 11.8. The highest BCUT2D eigenvalue weighted by atomic mass is 127. The monoisotopic (exact) mass is 500 g/mol. The van der Waals surface area contributed by atoms with Crippen molar-refractivity contribution in [2.75, 3.05) is 0 Å². The molecule has 0 aliphatic carbocycles. The van der Waals surface area contributed by atoms with Crippen LogP contribution >= 0.6 is 71.6 Å². The van der Waals surface area contributed by atoms with E-state index in [0.29, 0.717) is 0 Å². The minimum atomic E-state index is 1.37. The second kappa shape index (κ2) is 5.44. The number of hydrogen-bond donors (Lipinski definition) is 0. The number of thiophene rings is 1. The van der Waals surface area contributed by atoms with Crippen LogP contribution in [0.15, 0.2) is 46.2 Å². The van der Waals surface area contributed by atoms with Crippen LogP contribution in [0.3, 0.4) is 0 Å². The topological polar surface area (TPSA) is 0 Å². The van der Waals surface area contributed by atoms with E-state index in [1.54, 1.807) is 17.9 Å². The van der Waals surface area contributed by atoms with Crippen LogP contribution in [-0.2, 0) is 0 Å². The summed E-state index contributed by atoms with van der Waals surface area (Å²) in [6, 6.07) is 13.2. The fraction of sp³-hybridized carbons (Fsp3) is 0. The van der Waals surface area contributed by atoms with Gasteiger partial charge in [0.25, 0.3) is 0 Å². The van der Waals surface area contributed by atoms with Crippen LogP contribution < -0.4 is 0 Å². The van der Waals surface area contributed by atoms with Crippen molar-refractivity contribution in [3.63, 3.8) is 0 Å². The molecule has 0 fully saturated rings. The molecule has 0 atom stereocenters. The third-order valence-corrected chi connectivity index (χ3v) is 8.02. The summed E-state index contributed by atoms with van der Waals surface area (Å²) >= 11 is 6.63. The number of rotatable bonds is 2. The van der Waals surface area contributed by atoms with Crippen LogP contribution in [0.4, 0.5) is 0 Å². The van der Waals surface area contributed by atoms with E-state index >= 15 is 0 Å². The molecule has 86 valence electrons. The van der Waals surface area contributed by atoms with E-state index in [-0.39, 0.29) is 0 Å². The second-order valence-corrected chi connectivity index (χ2v) is 8.37. The molecule has 0 aliphatic heterocycles. The van der Waals surface area contributed by atoms with Gasteiger partial charge in [-0.1, -0.05) is 42.1 Å². The Labute approximate surface area is 136 Å². The van der Waals surface area contributed by atoms with E-state index in [2.05, 4.69) is 78.8 Å². The molecular formula is C12H6I2S3. The molecule has 17 heavy (non-hydrogen) atoms. The van der Waals surface area contributed by atoms with Gasteiger partial charge in [-0.15, -0.1) is 11.3 Å². The summed E-state index contributed by atoms with van der Waals surface area (Å²) in [5.41, 5.74) is 0. The van der Waals surface area contributed by atoms with Gasteiger partial charge in [0, 0.05) is 72.4 Å². The lowest BCUT2D eigenvalue weighted by Crippen LogP contribution is -1.69. The normalized spacial score (nSPS) is 11.4. The Morgan fingerprint density at radius 2 is 1.24 bits per heavy atom. The van der Waals surface area contributed by atoms with Gasteiger partial charge in [0.05, 0.1) is 0 Å². The van der Waals surface area contributed by atoms with Gasteiger partial charge in [-0.2, -0.15) is 0 Å². The summed E-state index contributed by atoms with van der Waals surface area (Å²) in [5.74, 6) is 0. The third kappa shape index (κ3) is 2.22. The van der Waals surface area contributed by atoms with Gasteiger partial charge in [0.1, 0.15) is 0 Å². The van der Waals surface area contributed by atoms with E-state index in [4.69, 9.17) is 0 Å². The highest BCUT2D eigenvalue weighted by Gasteiger charge is 2.10. The van der Waals surface area contributed by atoms with Crippen LogP contribution in [0.25, 0.3) is 20.2 Å². The Morgan fingerprint density at radius 1 is 0.765 bits per heavy atom. The summed E-state index contributed by atoms with van der Waals surface area (Å²) in [7, 11) is 3.60. The smallest absolute Gasteiger partial charge is 0.0499 e. The molecule has 0 aliphatic rings. The van der Waals surface area contributed by atoms with Gasteiger partial charge >= 0.3 is 0 Å². The van der Waals surface area contributed by atoms with Gasteiger partial charge in [0.15, 0.2) is 0 Å². The van der Waals surface area contributed by atoms with Crippen molar-refractivity contribution >= 4 is 91.8 Å². The minimum Gasteiger partial charge on any atom is -0.133 e.